The molecular formula is C25H21N5O5S. The van der Waals surface area contributed by atoms with Gasteiger partial charge < -0.3 is 13.9 Å². The number of thiazole rings is 1. The summed E-state index contributed by atoms with van der Waals surface area (Å²) >= 11 is 1.24. The van der Waals surface area contributed by atoms with Gasteiger partial charge in [0.1, 0.15) is 0 Å². The lowest BCUT2D eigenvalue weighted by atomic mass is 10.1. The maximum atomic E-state index is 13.1. The highest BCUT2D eigenvalue weighted by Gasteiger charge is 2.25. The average molecular weight is 504 g/mol. The summed E-state index contributed by atoms with van der Waals surface area (Å²) in [6.45, 7) is 2.30. The number of benzene rings is 2. The molecule has 0 bridgehead atoms. The molecule has 11 heteroatoms. The van der Waals surface area contributed by atoms with Crippen LogP contribution in [0.1, 0.15) is 35.5 Å². The van der Waals surface area contributed by atoms with E-state index in [2.05, 4.69) is 25.1 Å². The van der Waals surface area contributed by atoms with E-state index >= 15 is 0 Å². The van der Waals surface area contributed by atoms with Crippen LogP contribution in [0.5, 0.6) is 11.8 Å². The third-order valence-electron chi connectivity index (χ3n) is 5.30. The molecule has 182 valence electrons. The van der Waals surface area contributed by atoms with E-state index in [4.69, 9.17) is 13.9 Å². The second-order valence-electron chi connectivity index (χ2n) is 7.76. The molecule has 0 atom stereocenters. The van der Waals surface area contributed by atoms with Crippen molar-refractivity contribution in [3.63, 3.8) is 0 Å². The Labute approximate surface area is 209 Å². The summed E-state index contributed by atoms with van der Waals surface area (Å²) in [5.41, 5.74) is 2.22. The average Bonchev–Trinajstić information content (AvgIpc) is 3.57. The lowest BCUT2D eigenvalue weighted by molar-refractivity contribution is 0.100. The number of aromatic nitrogens is 5. The first-order valence-electron chi connectivity index (χ1n) is 11.2. The van der Waals surface area contributed by atoms with Crippen molar-refractivity contribution in [3.8, 4) is 34.5 Å². The summed E-state index contributed by atoms with van der Waals surface area (Å²) < 4.78 is 17.1. The Balaban J connectivity index is 1.46. The summed E-state index contributed by atoms with van der Waals surface area (Å²) in [4.78, 5) is 36.7. The number of ether oxygens (including phenoxy) is 2. The number of aromatic amines is 1. The van der Waals surface area contributed by atoms with Crippen molar-refractivity contribution in [1.29, 1.82) is 0 Å². The molecule has 5 rings (SSSR count). The molecule has 0 radical (unpaired) electrons. The Morgan fingerprint density at radius 1 is 1.08 bits per heavy atom. The normalized spacial score (nSPS) is 11.1. The fraction of sp³-hybridized carbons (Fsp3) is 0.200. The van der Waals surface area contributed by atoms with Crippen LogP contribution in [-0.4, -0.2) is 44.6 Å². The number of nitrogens with one attached hydrogen (secondary N) is 1. The number of fused-ring (bicyclic) bond motifs is 1. The number of carbonyl (C=O) groups excluding carboxylic acids is 1. The van der Waals surface area contributed by atoms with Crippen molar-refractivity contribution in [1.82, 2.24) is 25.1 Å². The van der Waals surface area contributed by atoms with Gasteiger partial charge in [-0.3, -0.25) is 14.6 Å². The predicted molar refractivity (Wildman–Crippen MR) is 134 cm³/mol. The lowest BCUT2D eigenvalue weighted by Crippen LogP contribution is -2.16. The summed E-state index contributed by atoms with van der Waals surface area (Å²) in [5, 5.41) is 8.02. The van der Waals surface area contributed by atoms with Gasteiger partial charge in [0, 0.05) is 0 Å². The van der Waals surface area contributed by atoms with Gasteiger partial charge in [-0.25, -0.2) is 4.98 Å². The zero-order valence-electron chi connectivity index (χ0n) is 19.5. The van der Waals surface area contributed by atoms with E-state index in [1.165, 1.54) is 18.4 Å². The van der Waals surface area contributed by atoms with Crippen molar-refractivity contribution < 1.29 is 18.7 Å². The maximum absolute atomic E-state index is 13.1. The maximum Gasteiger partial charge on any atom is 0.297 e. The first kappa shape index (κ1) is 23.4. The topological polar surface area (TPSA) is 133 Å². The van der Waals surface area contributed by atoms with Gasteiger partial charge in [-0.2, -0.15) is 4.98 Å². The Morgan fingerprint density at radius 2 is 1.92 bits per heavy atom. The number of ketones is 1. The molecule has 0 spiro atoms. The minimum atomic E-state index is -0.556. The van der Waals surface area contributed by atoms with Crippen molar-refractivity contribution in [2.75, 3.05) is 13.7 Å². The highest BCUT2D eigenvalue weighted by molar-refractivity contribution is 7.20. The molecule has 36 heavy (non-hydrogen) atoms. The van der Waals surface area contributed by atoms with Crippen LogP contribution in [-0.2, 0) is 0 Å². The van der Waals surface area contributed by atoms with Crippen molar-refractivity contribution in [2.45, 2.75) is 19.8 Å². The van der Waals surface area contributed by atoms with E-state index in [0.29, 0.717) is 12.1 Å². The first-order chi connectivity index (χ1) is 17.6. The van der Waals surface area contributed by atoms with Gasteiger partial charge in [0.05, 0.1) is 23.9 Å². The molecule has 0 fully saturated rings. The van der Waals surface area contributed by atoms with Gasteiger partial charge in [0.2, 0.25) is 5.75 Å². The van der Waals surface area contributed by atoms with E-state index in [0.717, 1.165) is 28.7 Å². The Bertz CT molecular complexity index is 1590. The van der Waals surface area contributed by atoms with Crippen LogP contribution in [0.2, 0.25) is 0 Å². The second-order valence-corrected chi connectivity index (χ2v) is 8.79. The van der Waals surface area contributed by atoms with Crippen LogP contribution >= 0.6 is 11.3 Å². The number of unbranched alkanes of at least 4 members (excludes halogenated alkanes) is 1. The van der Waals surface area contributed by atoms with Gasteiger partial charge in [-0.05, 0) is 29.7 Å². The minimum absolute atomic E-state index is 0.00458. The van der Waals surface area contributed by atoms with E-state index < -0.39 is 11.3 Å². The molecule has 0 aliphatic rings. The molecule has 3 aromatic heterocycles. The van der Waals surface area contributed by atoms with E-state index in [1.54, 1.807) is 0 Å². The molecule has 0 aliphatic carbocycles. The minimum Gasteiger partial charge on any atom is -0.486 e. The Morgan fingerprint density at radius 3 is 2.69 bits per heavy atom. The number of H-pyrrole nitrogens is 1. The fourth-order valence-corrected chi connectivity index (χ4v) is 4.41. The monoisotopic (exact) mass is 503 g/mol. The predicted octanol–water partition coefficient (Wildman–Crippen LogP) is 4.52. The van der Waals surface area contributed by atoms with Gasteiger partial charge in [0.25, 0.3) is 29.1 Å². The number of rotatable bonds is 9. The van der Waals surface area contributed by atoms with E-state index in [9.17, 15) is 9.59 Å². The standard InChI is InChI=1S/C25H21N5O5S/c1-3-4-12-34-20-18(27-25(33-2)28-21(20)32)22-29-30-23(35-22)19(31)24-26-16-11-10-15(13-17(16)36-24)14-8-6-5-7-9-14/h5-11,13H,3-4,12H2,1-2H3,(H,27,28,32). The van der Waals surface area contributed by atoms with Gasteiger partial charge in [0.15, 0.2) is 10.7 Å². The zero-order valence-corrected chi connectivity index (χ0v) is 20.3. The molecule has 5 aromatic rings. The van der Waals surface area contributed by atoms with Gasteiger partial charge in [-0.15, -0.1) is 21.5 Å². The summed E-state index contributed by atoms with van der Waals surface area (Å²) in [5.74, 6) is -1.02. The van der Waals surface area contributed by atoms with Crippen LogP contribution in [0.4, 0.5) is 0 Å². The van der Waals surface area contributed by atoms with E-state index in [-0.39, 0.29) is 34.2 Å². The number of hydrogen-bond acceptors (Lipinski definition) is 10. The SMILES string of the molecule is CCCCOc1c(-c2nnc(C(=O)c3nc4ccc(-c5ccccc5)cc4s3)o2)nc(OC)[nH]c1=O. The molecule has 10 nitrogen and oxygen atoms in total. The van der Waals surface area contributed by atoms with Crippen molar-refractivity contribution in [3.05, 3.63) is 69.8 Å². The molecular weight excluding hydrogens is 482 g/mol. The first-order valence-corrected chi connectivity index (χ1v) is 12.0. The second kappa shape index (κ2) is 10.1. The van der Waals surface area contributed by atoms with Gasteiger partial charge >= 0.3 is 0 Å². The molecule has 0 unspecified atom stereocenters. The van der Waals surface area contributed by atoms with Gasteiger partial charge in [-0.1, -0.05) is 49.7 Å². The van der Waals surface area contributed by atoms with Crippen LogP contribution in [0, 0.1) is 0 Å². The number of nitrogens with zero attached hydrogens (tertiary/aromatic N) is 4. The molecule has 0 saturated carbocycles. The molecule has 1 N–H and O–H groups in total. The Kier molecular flexibility index (Phi) is 6.54. The van der Waals surface area contributed by atoms with Crippen LogP contribution < -0.4 is 15.0 Å². The summed E-state index contributed by atoms with van der Waals surface area (Å²) in [6.07, 6.45) is 1.62. The third kappa shape index (κ3) is 4.60. The highest BCUT2D eigenvalue weighted by Crippen LogP contribution is 2.30. The number of methoxy groups -OCH3 is 1. The lowest BCUT2D eigenvalue weighted by Gasteiger charge is -2.08. The summed E-state index contributed by atoms with van der Waals surface area (Å²) in [7, 11) is 1.36. The number of hydrogen-bond donors (Lipinski definition) is 1. The van der Waals surface area contributed by atoms with Crippen molar-refractivity contribution in [2.24, 2.45) is 0 Å². The third-order valence-corrected chi connectivity index (χ3v) is 6.32. The Hall–Kier alpha value is -4.38. The molecule has 0 amide bonds. The van der Waals surface area contributed by atoms with Crippen LogP contribution in [0.3, 0.4) is 0 Å². The zero-order chi connectivity index (χ0) is 25.1. The quantitative estimate of drug-likeness (QED) is 0.228. The number of carbonyl (C=O) groups is 1. The molecule has 0 saturated heterocycles. The van der Waals surface area contributed by atoms with E-state index in [1.807, 2.05) is 55.5 Å². The largest absolute Gasteiger partial charge is 0.486 e. The smallest absolute Gasteiger partial charge is 0.297 e. The highest BCUT2D eigenvalue weighted by atomic mass is 32.1. The summed E-state index contributed by atoms with van der Waals surface area (Å²) in [6, 6.07) is 15.7. The molecule has 0 aliphatic heterocycles. The fourth-order valence-electron chi connectivity index (χ4n) is 3.47. The van der Waals surface area contributed by atoms with Crippen LogP contribution in [0.25, 0.3) is 32.9 Å². The molecule has 3 heterocycles. The van der Waals surface area contributed by atoms with Crippen molar-refractivity contribution >= 4 is 27.3 Å². The molecule has 2 aromatic carbocycles. The van der Waals surface area contributed by atoms with Crippen LogP contribution in [0.15, 0.2) is 57.7 Å².